The molecule has 6 heteroatoms. The van der Waals surface area contributed by atoms with Gasteiger partial charge < -0.3 is 15.1 Å². The van der Waals surface area contributed by atoms with E-state index in [0.717, 1.165) is 19.4 Å². The van der Waals surface area contributed by atoms with Crippen LogP contribution in [-0.2, 0) is 9.59 Å². The first-order valence-corrected chi connectivity index (χ1v) is 5.78. The minimum Gasteiger partial charge on any atom is -0.480 e. The number of hydrogen-bond donors (Lipinski definition) is 2. The lowest BCUT2D eigenvalue weighted by molar-refractivity contribution is -0.143. The SMILES string of the molecule is CC1CC(N(CC(=O)O)CC(=O)O)CCN1C. The molecule has 0 bridgehead atoms. The average Bonchev–Trinajstić information content (AvgIpc) is 2.19. The Morgan fingerprint density at radius 3 is 2.24 bits per heavy atom. The molecule has 0 radical (unpaired) electrons. The van der Waals surface area contributed by atoms with Gasteiger partial charge in [-0.2, -0.15) is 0 Å². The minimum absolute atomic E-state index is 0.0494. The maximum atomic E-state index is 10.7. The summed E-state index contributed by atoms with van der Waals surface area (Å²) < 4.78 is 0. The van der Waals surface area contributed by atoms with Gasteiger partial charge in [0.25, 0.3) is 0 Å². The van der Waals surface area contributed by atoms with Gasteiger partial charge in [0.05, 0.1) is 13.1 Å². The molecule has 1 aliphatic rings. The van der Waals surface area contributed by atoms with Crippen molar-refractivity contribution >= 4 is 11.9 Å². The number of aliphatic carboxylic acids is 2. The summed E-state index contributed by atoms with van der Waals surface area (Å²) in [6, 6.07) is 0.409. The molecule has 98 valence electrons. The molecule has 0 aromatic heterocycles. The molecule has 2 N–H and O–H groups in total. The van der Waals surface area contributed by atoms with Gasteiger partial charge in [-0.1, -0.05) is 0 Å². The molecular formula is C11H20N2O4. The Morgan fingerprint density at radius 2 is 1.82 bits per heavy atom. The molecule has 1 fully saturated rings. The highest BCUT2D eigenvalue weighted by Gasteiger charge is 2.29. The zero-order chi connectivity index (χ0) is 13.0. The highest BCUT2D eigenvalue weighted by atomic mass is 16.4. The number of carboxylic acids is 2. The van der Waals surface area contributed by atoms with E-state index in [1.54, 1.807) is 4.90 Å². The van der Waals surface area contributed by atoms with Crippen LogP contribution >= 0.6 is 0 Å². The lowest BCUT2D eigenvalue weighted by atomic mass is 9.97. The van der Waals surface area contributed by atoms with Crippen LogP contribution in [0.4, 0.5) is 0 Å². The summed E-state index contributed by atoms with van der Waals surface area (Å²) in [4.78, 5) is 25.2. The highest BCUT2D eigenvalue weighted by molar-refractivity contribution is 5.72. The van der Waals surface area contributed by atoms with Crippen molar-refractivity contribution in [2.45, 2.75) is 31.8 Å². The van der Waals surface area contributed by atoms with Crippen LogP contribution in [0.3, 0.4) is 0 Å². The first kappa shape index (κ1) is 13.9. The summed E-state index contributed by atoms with van der Waals surface area (Å²) in [6.07, 6.45) is 1.64. The Hall–Kier alpha value is -1.14. The second-order valence-electron chi connectivity index (χ2n) is 4.70. The Balaban J connectivity index is 2.62. The van der Waals surface area contributed by atoms with Gasteiger partial charge >= 0.3 is 11.9 Å². The Bertz CT molecular complexity index is 279. The van der Waals surface area contributed by atoms with Crippen LogP contribution in [0.15, 0.2) is 0 Å². The predicted octanol–water partition coefficient (Wildman–Crippen LogP) is -0.0597. The van der Waals surface area contributed by atoms with E-state index < -0.39 is 11.9 Å². The third kappa shape index (κ3) is 4.32. The van der Waals surface area contributed by atoms with Crippen LogP contribution in [0.25, 0.3) is 0 Å². The van der Waals surface area contributed by atoms with E-state index in [2.05, 4.69) is 11.8 Å². The van der Waals surface area contributed by atoms with Crippen molar-refractivity contribution in [1.82, 2.24) is 9.80 Å². The van der Waals surface area contributed by atoms with E-state index in [4.69, 9.17) is 10.2 Å². The van der Waals surface area contributed by atoms with E-state index in [1.165, 1.54) is 0 Å². The van der Waals surface area contributed by atoms with Crippen molar-refractivity contribution in [3.8, 4) is 0 Å². The van der Waals surface area contributed by atoms with Crippen LogP contribution in [-0.4, -0.2) is 70.7 Å². The summed E-state index contributed by atoms with van der Waals surface area (Å²) in [5, 5.41) is 17.6. The fourth-order valence-corrected chi connectivity index (χ4v) is 2.26. The number of rotatable bonds is 5. The number of hydrogen-bond acceptors (Lipinski definition) is 4. The molecule has 1 rings (SSSR count). The number of nitrogens with zero attached hydrogens (tertiary/aromatic N) is 2. The van der Waals surface area contributed by atoms with Crippen molar-refractivity contribution in [1.29, 1.82) is 0 Å². The fourth-order valence-electron chi connectivity index (χ4n) is 2.26. The molecule has 2 unspecified atom stereocenters. The monoisotopic (exact) mass is 244 g/mol. The van der Waals surface area contributed by atoms with E-state index >= 15 is 0 Å². The molecule has 17 heavy (non-hydrogen) atoms. The third-order valence-corrected chi connectivity index (χ3v) is 3.37. The molecule has 1 aliphatic heterocycles. The lowest BCUT2D eigenvalue weighted by Gasteiger charge is -2.39. The van der Waals surface area contributed by atoms with Gasteiger partial charge in [-0.05, 0) is 33.4 Å². The summed E-state index contributed by atoms with van der Waals surface area (Å²) in [5.41, 5.74) is 0. The highest BCUT2D eigenvalue weighted by Crippen LogP contribution is 2.20. The quantitative estimate of drug-likeness (QED) is 0.705. The Kier molecular flexibility index (Phi) is 4.89. The van der Waals surface area contributed by atoms with Gasteiger partial charge in [-0.15, -0.1) is 0 Å². The summed E-state index contributed by atoms with van der Waals surface area (Å²) in [5.74, 6) is -1.95. The van der Waals surface area contributed by atoms with E-state index in [-0.39, 0.29) is 19.1 Å². The maximum absolute atomic E-state index is 10.7. The van der Waals surface area contributed by atoms with Gasteiger partial charge in [0.2, 0.25) is 0 Å². The van der Waals surface area contributed by atoms with Crippen molar-refractivity contribution in [2.75, 3.05) is 26.7 Å². The molecule has 0 aromatic rings. The van der Waals surface area contributed by atoms with Crippen molar-refractivity contribution in [3.05, 3.63) is 0 Å². The zero-order valence-electron chi connectivity index (χ0n) is 10.3. The number of carboxylic acid groups (broad SMARTS) is 2. The Morgan fingerprint density at radius 1 is 1.29 bits per heavy atom. The first-order valence-electron chi connectivity index (χ1n) is 5.78. The molecule has 0 spiro atoms. The maximum Gasteiger partial charge on any atom is 0.317 e. The van der Waals surface area contributed by atoms with Crippen molar-refractivity contribution in [3.63, 3.8) is 0 Å². The molecule has 1 heterocycles. The van der Waals surface area contributed by atoms with Crippen LogP contribution in [0.1, 0.15) is 19.8 Å². The van der Waals surface area contributed by atoms with Gasteiger partial charge in [0.15, 0.2) is 0 Å². The third-order valence-electron chi connectivity index (χ3n) is 3.37. The molecule has 2 atom stereocenters. The molecule has 0 amide bonds. The fraction of sp³-hybridized carbons (Fsp3) is 0.818. The van der Waals surface area contributed by atoms with Gasteiger partial charge in [-0.3, -0.25) is 14.5 Å². The number of piperidine rings is 1. The molecule has 0 saturated carbocycles. The number of carbonyl (C=O) groups is 2. The van der Waals surface area contributed by atoms with E-state index in [9.17, 15) is 9.59 Å². The molecule has 6 nitrogen and oxygen atoms in total. The minimum atomic E-state index is -0.974. The zero-order valence-corrected chi connectivity index (χ0v) is 10.3. The Labute approximate surface area is 101 Å². The lowest BCUT2D eigenvalue weighted by Crippen LogP contribution is -2.50. The van der Waals surface area contributed by atoms with Crippen LogP contribution in [0, 0.1) is 0 Å². The largest absolute Gasteiger partial charge is 0.480 e. The topological polar surface area (TPSA) is 81.1 Å². The number of likely N-dealkylation sites (tertiary alicyclic amines) is 1. The summed E-state index contributed by atoms with van der Waals surface area (Å²) in [7, 11) is 2.03. The molecular weight excluding hydrogens is 224 g/mol. The van der Waals surface area contributed by atoms with Crippen LogP contribution in [0.2, 0.25) is 0 Å². The van der Waals surface area contributed by atoms with Crippen molar-refractivity contribution in [2.24, 2.45) is 0 Å². The van der Waals surface area contributed by atoms with Crippen LogP contribution < -0.4 is 0 Å². The second-order valence-corrected chi connectivity index (χ2v) is 4.70. The second kappa shape index (κ2) is 5.97. The molecule has 0 aliphatic carbocycles. The predicted molar refractivity (Wildman–Crippen MR) is 62.0 cm³/mol. The van der Waals surface area contributed by atoms with Gasteiger partial charge in [-0.25, -0.2) is 0 Å². The van der Waals surface area contributed by atoms with E-state index in [0.29, 0.717) is 6.04 Å². The van der Waals surface area contributed by atoms with E-state index in [1.807, 2.05) is 7.05 Å². The normalized spacial score (nSPS) is 26.1. The smallest absolute Gasteiger partial charge is 0.317 e. The van der Waals surface area contributed by atoms with Crippen LogP contribution in [0.5, 0.6) is 0 Å². The average molecular weight is 244 g/mol. The summed E-state index contributed by atoms with van der Waals surface area (Å²) in [6.45, 7) is 2.55. The van der Waals surface area contributed by atoms with Gasteiger partial charge in [0, 0.05) is 12.1 Å². The van der Waals surface area contributed by atoms with Crippen molar-refractivity contribution < 1.29 is 19.8 Å². The molecule has 0 aromatic carbocycles. The standard InChI is InChI=1S/C11H20N2O4/c1-8-5-9(3-4-12(8)2)13(6-10(14)15)7-11(16)17/h8-9H,3-7H2,1-2H3,(H,14,15)(H,16,17). The molecule has 1 saturated heterocycles. The van der Waals surface area contributed by atoms with Gasteiger partial charge in [0.1, 0.15) is 0 Å². The summed E-state index contributed by atoms with van der Waals surface area (Å²) >= 11 is 0. The first-order chi connectivity index (χ1) is 7.90.